The largest absolute Gasteiger partial charge is 0.466 e. The Morgan fingerprint density at radius 3 is 2.62 bits per heavy atom. The van der Waals surface area contributed by atoms with Crippen molar-refractivity contribution in [1.29, 1.82) is 0 Å². The van der Waals surface area contributed by atoms with Gasteiger partial charge in [-0.3, -0.25) is 0 Å². The first kappa shape index (κ1) is 11.5. The zero-order valence-electron chi connectivity index (χ0n) is 9.49. The van der Waals surface area contributed by atoms with Gasteiger partial charge in [-0.15, -0.1) is 0 Å². The maximum Gasteiger partial charge on any atom is 0.135 e. The number of hydrogen-bond acceptors (Lipinski definition) is 3. The van der Waals surface area contributed by atoms with Crippen LogP contribution in [0.4, 0.5) is 5.82 Å². The van der Waals surface area contributed by atoms with E-state index in [1.807, 2.05) is 24.6 Å². The van der Waals surface area contributed by atoms with Crippen molar-refractivity contribution >= 4 is 28.4 Å². The van der Waals surface area contributed by atoms with Crippen LogP contribution in [-0.2, 0) is 0 Å². The number of aromatic nitrogens is 2. The smallest absolute Gasteiger partial charge is 0.135 e. The second-order valence-corrected chi connectivity index (χ2v) is 5.03. The molecular formula is C11H14IN3O. The van der Waals surface area contributed by atoms with Crippen LogP contribution in [0.2, 0.25) is 0 Å². The number of nitrogens with zero attached hydrogens (tertiary/aromatic N) is 2. The Morgan fingerprint density at radius 2 is 2.19 bits per heavy atom. The Bertz CT molecular complexity index is 513. The summed E-state index contributed by atoms with van der Waals surface area (Å²) in [4.78, 5) is 0. The molecular weight excluding hydrogens is 317 g/mol. The maximum absolute atomic E-state index is 5.96. The molecule has 0 aromatic carbocycles. The van der Waals surface area contributed by atoms with Crippen LogP contribution in [0.3, 0.4) is 0 Å². The molecule has 0 saturated heterocycles. The van der Waals surface area contributed by atoms with Crippen molar-refractivity contribution in [3.05, 3.63) is 32.9 Å². The maximum atomic E-state index is 5.96. The topological polar surface area (TPSA) is 57.0 Å². The number of hydrogen-bond donors (Lipinski definition) is 1. The minimum absolute atomic E-state index is 0.0981. The molecule has 2 heterocycles. The van der Waals surface area contributed by atoms with Gasteiger partial charge in [-0.2, -0.15) is 5.10 Å². The summed E-state index contributed by atoms with van der Waals surface area (Å²) in [7, 11) is 0. The molecule has 1 unspecified atom stereocenters. The van der Waals surface area contributed by atoms with Crippen LogP contribution in [0.15, 0.2) is 16.7 Å². The Morgan fingerprint density at radius 1 is 1.50 bits per heavy atom. The predicted molar refractivity (Wildman–Crippen MR) is 71.4 cm³/mol. The van der Waals surface area contributed by atoms with Gasteiger partial charge in [-0.05, 0) is 49.4 Å². The molecule has 2 N–H and O–H groups in total. The molecule has 0 saturated carbocycles. The molecule has 2 rings (SSSR count). The van der Waals surface area contributed by atoms with Crippen LogP contribution < -0.4 is 5.73 Å². The number of aryl methyl sites for hydroxylation is 2. The van der Waals surface area contributed by atoms with Crippen molar-refractivity contribution < 1.29 is 4.42 Å². The Balaban J connectivity index is 2.42. The molecule has 2 aromatic heterocycles. The van der Waals surface area contributed by atoms with E-state index in [0.717, 1.165) is 20.7 Å². The van der Waals surface area contributed by atoms with E-state index < -0.39 is 0 Å². The monoisotopic (exact) mass is 331 g/mol. The van der Waals surface area contributed by atoms with Crippen molar-refractivity contribution in [1.82, 2.24) is 9.78 Å². The van der Waals surface area contributed by atoms with Crippen molar-refractivity contribution in [3.63, 3.8) is 0 Å². The van der Waals surface area contributed by atoms with E-state index >= 15 is 0 Å². The second-order valence-electron chi connectivity index (χ2n) is 3.87. The number of halogens is 1. The predicted octanol–water partition coefficient (Wildman–Crippen LogP) is 2.89. The lowest BCUT2D eigenvalue weighted by Gasteiger charge is -2.13. The molecule has 0 aliphatic carbocycles. The molecule has 0 radical (unpaired) electrons. The number of nitrogen functional groups attached to an aromatic ring is 1. The highest BCUT2D eigenvalue weighted by molar-refractivity contribution is 14.1. The van der Waals surface area contributed by atoms with Gasteiger partial charge in [0.25, 0.3) is 0 Å². The highest BCUT2D eigenvalue weighted by atomic mass is 127. The molecule has 16 heavy (non-hydrogen) atoms. The van der Waals surface area contributed by atoms with E-state index in [4.69, 9.17) is 10.2 Å². The summed E-state index contributed by atoms with van der Waals surface area (Å²) in [6.07, 6.45) is 1.77. The van der Waals surface area contributed by atoms with Crippen molar-refractivity contribution in [2.24, 2.45) is 0 Å². The molecule has 0 aliphatic rings. The highest BCUT2D eigenvalue weighted by Crippen LogP contribution is 2.27. The Labute approximate surface area is 108 Å². The summed E-state index contributed by atoms with van der Waals surface area (Å²) in [5.74, 6) is 2.54. The molecule has 5 heteroatoms. The molecule has 0 aliphatic heterocycles. The first-order valence-electron chi connectivity index (χ1n) is 5.06. The van der Waals surface area contributed by atoms with Gasteiger partial charge in [-0.1, -0.05) is 0 Å². The quantitative estimate of drug-likeness (QED) is 0.861. The summed E-state index contributed by atoms with van der Waals surface area (Å²) in [6, 6.07) is 2.13. The van der Waals surface area contributed by atoms with Gasteiger partial charge in [0.2, 0.25) is 0 Å². The fourth-order valence-electron chi connectivity index (χ4n) is 1.86. The molecule has 0 spiro atoms. The molecule has 2 aromatic rings. The van der Waals surface area contributed by atoms with Gasteiger partial charge >= 0.3 is 0 Å². The van der Waals surface area contributed by atoms with Crippen LogP contribution in [0.25, 0.3) is 0 Å². The summed E-state index contributed by atoms with van der Waals surface area (Å²) in [5.41, 5.74) is 7.09. The Hall–Kier alpha value is -0.980. The minimum atomic E-state index is 0.0981. The lowest BCUT2D eigenvalue weighted by molar-refractivity contribution is 0.489. The average molecular weight is 331 g/mol. The molecule has 4 nitrogen and oxygen atoms in total. The second kappa shape index (κ2) is 4.12. The van der Waals surface area contributed by atoms with E-state index in [-0.39, 0.29) is 6.04 Å². The average Bonchev–Trinajstić information content (AvgIpc) is 2.71. The van der Waals surface area contributed by atoms with Crippen LogP contribution in [-0.4, -0.2) is 9.78 Å². The lowest BCUT2D eigenvalue weighted by atomic mass is 10.1. The lowest BCUT2D eigenvalue weighted by Crippen LogP contribution is -2.11. The number of anilines is 1. The molecule has 86 valence electrons. The van der Waals surface area contributed by atoms with E-state index in [9.17, 15) is 0 Å². The first-order valence-corrected chi connectivity index (χ1v) is 6.14. The van der Waals surface area contributed by atoms with Crippen LogP contribution in [0.1, 0.15) is 30.0 Å². The molecule has 0 bridgehead atoms. The number of nitrogens with two attached hydrogens (primary N) is 1. The summed E-state index contributed by atoms with van der Waals surface area (Å²) in [6.45, 7) is 5.97. The molecule has 0 fully saturated rings. The molecule has 1 atom stereocenters. The highest BCUT2D eigenvalue weighted by Gasteiger charge is 2.17. The van der Waals surface area contributed by atoms with E-state index in [1.165, 1.54) is 0 Å². The van der Waals surface area contributed by atoms with E-state index in [1.54, 1.807) is 6.20 Å². The van der Waals surface area contributed by atoms with Crippen molar-refractivity contribution in [2.75, 3.05) is 5.73 Å². The van der Waals surface area contributed by atoms with Gasteiger partial charge in [-0.25, -0.2) is 4.68 Å². The fraction of sp³-hybridized carbons (Fsp3) is 0.364. The standard InChI is InChI=1S/C11H14IN3O/c1-6-4-9(8(3)16-6)7(2)15-11(13)10(12)5-14-15/h4-5,7H,13H2,1-3H3. The van der Waals surface area contributed by atoms with Gasteiger partial charge in [0, 0.05) is 5.56 Å². The summed E-state index contributed by atoms with van der Waals surface area (Å²) in [5, 5.41) is 4.28. The zero-order valence-corrected chi connectivity index (χ0v) is 11.6. The summed E-state index contributed by atoms with van der Waals surface area (Å²) >= 11 is 2.18. The number of furan rings is 1. The normalized spacial score (nSPS) is 13.0. The number of rotatable bonds is 2. The van der Waals surface area contributed by atoms with Crippen molar-refractivity contribution in [3.8, 4) is 0 Å². The van der Waals surface area contributed by atoms with E-state index in [0.29, 0.717) is 5.82 Å². The van der Waals surface area contributed by atoms with Gasteiger partial charge in [0.05, 0.1) is 15.8 Å². The minimum Gasteiger partial charge on any atom is -0.466 e. The van der Waals surface area contributed by atoms with Crippen LogP contribution >= 0.6 is 22.6 Å². The van der Waals surface area contributed by atoms with Gasteiger partial charge in [0.15, 0.2) is 0 Å². The zero-order chi connectivity index (χ0) is 11.9. The van der Waals surface area contributed by atoms with Crippen LogP contribution in [0.5, 0.6) is 0 Å². The van der Waals surface area contributed by atoms with Crippen LogP contribution in [0, 0.1) is 17.4 Å². The third-order valence-corrected chi connectivity index (χ3v) is 3.51. The Kier molecular flexibility index (Phi) is 2.96. The van der Waals surface area contributed by atoms with E-state index in [2.05, 4.69) is 34.6 Å². The first-order chi connectivity index (χ1) is 7.50. The molecule has 0 amide bonds. The van der Waals surface area contributed by atoms with Crippen molar-refractivity contribution in [2.45, 2.75) is 26.8 Å². The third kappa shape index (κ3) is 1.83. The fourth-order valence-corrected chi connectivity index (χ4v) is 2.23. The SMILES string of the molecule is Cc1cc(C(C)n2ncc(I)c2N)c(C)o1. The summed E-state index contributed by atoms with van der Waals surface area (Å²) < 4.78 is 8.31. The van der Waals surface area contributed by atoms with Gasteiger partial charge < -0.3 is 10.2 Å². The van der Waals surface area contributed by atoms with Gasteiger partial charge in [0.1, 0.15) is 17.3 Å². The third-order valence-electron chi connectivity index (χ3n) is 2.68.